The predicted molar refractivity (Wildman–Crippen MR) is 118 cm³/mol. The maximum atomic E-state index is 13.3. The molecule has 3 aromatic rings. The number of benzene rings is 2. The van der Waals surface area contributed by atoms with Gasteiger partial charge in [-0.3, -0.25) is 9.48 Å². The predicted octanol–water partition coefficient (Wildman–Crippen LogP) is 5.53. The lowest BCUT2D eigenvalue weighted by molar-refractivity contribution is -0.138. The van der Waals surface area contributed by atoms with Crippen LogP contribution in [0.3, 0.4) is 0 Å². The van der Waals surface area contributed by atoms with Gasteiger partial charge in [-0.1, -0.05) is 42.6 Å². The van der Waals surface area contributed by atoms with Crippen molar-refractivity contribution in [3.63, 3.8) is 0 Å². The first-order valence-electron chi connectivity index (χ1n) is 9.24. The summed E-state index contributed by atoms with van der Waals surface area (Å²) in [6.45, 7) is 1.89. The molecular weight excluding hydrogens is 447 g/mol. The van der Waals surface area contributed by atoms with E-state index < -0.39 is 17.5 Å². The van der Waals surface area contributed by atoms with Crippen molar-refractivity contribution in [3.8, 4) is 5.75 Å². The number of aromatic nitrogens is 2. The average molecular weight is 464 g/mol. The number of alkyl halides is 3. The quantitative estimate of drug-likeness (QED) is 0.515. The van der Waals surface area contributed by atoms with E-state index in [1.807, 2.05) is 13.0 Å². The number of hydrogen-bond donors (Lipinski definition) is 1. The molecule has 0 radical (unpaired) electrons. The molecule has 2 aromatic carbocycles. The molecule has 1 aliphatic heterocycles. The number of nitrogens with zero attached hydrogens (tertiary/aromatic N) is 3. The molecule has 160 valence electrons. The zero-order valence-electron chi connectivity index (χ0n) is 16.2. The van der Waals surface area contributed by atoms with Gasteiger partial charge in [0.15, 0.2) is 0 Å². The number of phenolic OH excluding ortho intramolecular Hbond substituents is 1. The van der Waals surface area contributed by atoms with Crippen LogP contribution in [0.5, 0.6) is 5.75 Å². The fourth-order valence-corrected chi connectivity index (χ4v) is 5.07. The number of hydrogen-bond acceptors (Lipinski definition) is 5. The van der Waals surface area contributed by atoms with Crippen molar-refractivity contribution in [2.24, 2.45) is 4.99 Å². The second-order valence-electron chi connectivity index (χ2n) is 6.69. The van der Waals surface area contributed by atoms with Crippen LogP contribution in [-0.2, 0) is 17.5 Å². The molecule has 31 heavy (non-hydrogen) atoms. The largest absolute Gasteiger partial charge is 0.508 e. The Morgan fingerprint density at radius 2 is 2.03 bits per heavy atom. The van der Waals surface area contributed by atoms with E-state index in [4.69, 9.17) is 0 Å². The lowest BCUT2D eigenvalue weighted by Gasteiger charge is -2.14. The molecular formula is C21H16F3N3O2S2. The lowest BCUT2D eigenvalue weighted by Crippen LogP contribution is -2.12. The summed E-state index contributed by atoms with van der Waals surface area (Å²) < 4.78 is 42.2. The number of halogens is 3. The Bertz CT molecular complexity index is 1230. The Balaban J connectivity index is 1.61. The standard InChI is InChI=1S/C21H16F3N3O2S2/c1-2-30-20-26-19(29)18(31-20)8-12-3-6-17-14(7-12)10-25-27(17)11-13-4-5-15(28)9-16(13)21(22,23)24/h3-10,28H,2,11H2,1H3/b18-8-. The van der Waals surface area contributed by atoms with Crippen LogP contribution in [0, 0.1) is 0 Å². The van der Waals surface area contributed by atoms with E-state index in [-0.39, 0.29) is 18.0 Å². The van der Waals surface area contributed by atoms with Gasteiger partial charge in [0, 0.05) is 5.39 Å². The molecule has 0 bridgehead atoms. The Labute approximate surface area is 184 Å². The minimum absolute atomic E-state index is 0.00699. The highest BCUT2D eigenvalue weighted by Gasteiger charge is 2.33. The molecule has 0 atom stereocenters. The molecule has 0 saturated carbocycles. The molecule has 0 fully saturated rings. The highest BCUT2D eigenvalue weighted by atomic mass is 32.2. The van der Waals surface area contributed by atoms with Gasteiger partial charge in [-0.15, -0.1) is 0 Å². The van der Waals surface area contributed by atoms with Gasteiger partial charge in [0.05, 0.1) is 28.7 Å². The molecule has 1 aromatic heterocycles. The van der Waals surface area contributed by atoms with Crippen LogP contribution in [0.15, 0.2) is 52.5 Å². The van der Waals surface area contributed by atoms with Gasteiger partial charge in [-0.05, 0) is 47.2 Å². The summed E-state index contributed by atoms with van der Waals surface area (Å²) in [7, 11) is 0. The van der Waals surface area contributed by atoms with Crippen molar-refractivity contribution < 1.29 is 23.1 Å². The number of rotatable bonds is 4. The van der Waals surface area contributed by atoms with Crippen molar-refractivity contribution in [3.05, 3.63) is 64.2 Å². The number of thioether (sulfide) groups is 2. The third-order valence-electron chi connectivity index (χ3n) is 4.55. The monoisotopic (exact) mass is 463 g/mol. The van der Waals surface area contributed by atoms with E-state index in [2.05, 4.69) is 10.1 Å². The summed E-state index contributed by atoms with van der Waals surface area (Å²) in [6, 6.07) is 8.56. The second kappa shape index (κ2) is 8.43. The zero-order chi connectivity index (χ0) is 22.2. The number of fused-ring (bicyclic) bond motifs is 1. The van der Waals surface area contributed by atoms with Crippen molar-refractivity contribution in [1.29, 1.82) is 0 Å². The van der Waals surface area contributed by atoms with Gasteiger partial charge >= 0.3 is 6.18 Å². The van der Waals surface area contributed by atoms with Crippen molar-refractivity contribution in [2.75, 3.05) is 5.75 Å². The Morgan fingerprint density at radius 3 is 2.77 bits per heavy atom. The van der Waals surface area contributed by atoms with Gasteiger partial charge < -0.3 is 5.11 Å². The molecule has 5 nitrogen and oxygen atoms in total. The maximum Gasteiger partial charge on any atom is 0.416 e. The van der Waals surface area contributed by atoms with Crippen molar-refractivity contribution in [1.82, 2.24) is 9.78 Å². The fourth-order valence-electron chi connectivity index (χ4n) is 3.18. The van der Waals surface area contributed by atoms with Crippen LogP contribution >= 0.6 is 23.5 Å². The number of aliphatic imine (C=N–C) groups is 1. The number of aromatic hydroxyl groups is 1. The van der Waals surface area contributed by atoms with Gasteiger partial charge in [0.25, 0.3) is 5.91 Å². The SMILES string of the molecule is CCSC1=NC(=O)/C(=C/c2ccc3c(cnn3Cc3ccc(O)cc3C(F)(F)F)c2)S1. The molecule has 0 aliphatic carbocycles. The number of phenols is 1. The van der Waals surface area contributed by atoms with E-state index in [9.17, 15) is 23.1 Å². The van der Waals surface area contributed by atoms with Crippen molar-refractivity contribution in [2.45, 2.75) is 19.6 Å². The second-order valence-corrected chi connectivity index (χ2v) is 9.23. The average Bonchev–Trinajstić information content (AvgIpc) is 3.25. The van der Waals surface area contributed by atoms with Crippen molar-refractivity contribution >= 4 is 50.8 Å². The van der Waals surface area contributed by atoms with Gasteiger partial charge in [-0.2, -0.15) is 23.3 Å². The molecule has 2 heterocycles. The minimum Gasteiger partial charge on any atom is -0.508 e. The van der Waals surface area contributed by atoms with Crippen LogP contribution in [0.1, 0.15) is 23.6 Å². The van der Waals surface area contributed by atoms with Crippen LogP contribution in [0.4, 0.5) is 13.2 Å². The lowest BCUT2D eigenvalue weighted by atomic mass is 10.1. The van der Waals surface area contributed by atoms with Gasteiger partial charge in [0.1, 0.15) is 10.1 Å². The number of amides is 1. The van der Waals surface area contributed by atoms with Crippen LogP contribution < -0.4 is 0 Å². The summed E-state index contributed by atoms with van der Waals surface area (Å²) in [5, 5.41) is 14.4. The molecule has 0 spiro atoms. The van der Waals surface area contributed by atoms with Crippen LogP contribution in [0.25, 0.3) is 17.0 Å². The Morgan fingerprint density at radius 1 is 1.23 bits per heavy atom. The van der Waals surface area contributed by atoms with Gasteiger partial charge in [-0.25, -0.2) is 0 Å². The highest BCUT2D eigenvalue weighted by Crippen LogP contribution is 2.36. The summed E-state index contributed by atoms with van der Waals surface area (Å²) in [6.07, 6.45) is -1.26. The molecule has 1 amide bonds. The third kappa shape index (κ3) is 4.64. The fraction of sp³-hybridized carbons (Fsp3) is 0.190. The minimum atomic E-state index is -4.58. The highest BCUT2D eigenvalue weighted by molar-refractivity contribution is 8.41. The summed E-state index contributed by atoms with van der Waals surface area (Å²) >= 11 is 2.84. The Kier molecular flexibility index (Phi) is 5.85. The zero-order valence-corrected chi connectivity index (χ0v) is 17.8. The summed E-state index contributed by atoms with van der Waals surface area (Å²) in [5.41, 5.74) is 0.552. The summed E-state index contributed by atoms with van der Waals surface area (Å²) in [4.78, 5) is 16.6. The first-order chi connectivity index (χ1) is 14.7. The molecule has 4 rings (SSSR count). The molecule has 0 saturated heterocycles. The number of carbonyl (C=O) groups is 1. The molecule has 0 unspecified atom stereocenters. The number of carbonyl (C=O) groups excluding carboxylic acids is 1. The van der Waals surface area contributed by atoms with E-state index >= 15 is 0 Å². The molecule has 1 N–H and O–H groups in total. The molecule has 1 aliphatic rings. The van der Waals surface area contributed by atoms with E-state index in [0.29, 0.717) is 10.4 Å². The summed E-state index contributed by atoms with van der Waals surface area (Å²) in [5.74, 6) is 0.112. The molecule has 10 heteroatoms. The normalized spacial score (nSPS) is 15.8. The maximum absolute atomic E-state index is 13.3. The third-order valence-corrected chi connectivity index (χ3v) is 6.56. The van der Waals surface area contributed by atoms with Gasteiger partial charge in [0.2, 0.25) is 0 Å². The van der Waals surface area contributed by atoms with E-state index in [0.717, 1.165) is 27.1 Å². The Hall–Kier alpha value is -2.72. The first-order valence-corrected chi connectivity index (χ1v) is 11.0. The topological polar surface area (TPSA) is 67.5 Å². The smallest absolute Gasteiger partial charge is 0.416 e. The first kappa shape index (κ1) is 21.5. The van der Waals surface area contributed by atoms with Crippen LogP contribution in [-0.4, -0.2) is 30.9 Å². The van der Waals surface area contributed by atoms with Crippen LogP contribution in [0.2, 0.25) is 0 Å². The van der Waals surface area contributed by atoms with E-state index in [1.54, 1.807) is 24.4 Å². The van der Waals surface area contributed by atoms with E-state index in [1.165, 1.54) is 40.3 Å².